The van der Waals surface area contributed by atoms with Crippen LogP contribution in [0.15, 0.2) is 0 Å². The summed E-state index contributed by atoms with van der Waals surface area (Å²) in [6.45, 7) is 5.82. The van der Waals surface area contributed by atoms with Gasteiger partial charge in [0.25, 0.3) is 0 Å². The minimum atomic E-state index is 0.354. The summed E-state index contributed by atoms with van der Waals surface area (Å²) in [5, 5.41) is 0. The molecule has 1 rings (SSSR count). The largest absolute Gasteiger partial charge is 0.379 e. The molecular formula is C7H14BBr2N. The van der Waals surface area contributed by atoms with E-state index in [0.717, 1.165) is 12.0 Å². The summed E-state index contributed by atoms with van der Waals surface area (Å²) in [7, 11) is 0. The van der Waals surface area contributed by atoms with E-state index in [1.54, 1.807) is 0 Å². The van der Waals surface area contributed by atoms with Crippen LogP contribution in [0.2, 0.25) is 0 Å². The van der Waals surface area contributed by atoms with Gasteiger partial charge in [-0.1, -0.05) is 13.8 Å². The zero-order valence-electron chi connectivity index (χ0n) is 7.06. The third-order valence-corrected chi connectivity index (χ3v) is 3.47. The third kappa shape index (κ3) is 2.74. The second-order valence-corrected chi connectivity index (χ2v) is 6.47. The van der Waals surface area contributed by atoms with E-state index in [4.69, 9.17) is 0 Å². The fraction of sp³-hybridized carbons (Fsp3) is 1.00. The molecule has 2 atom stereocenters. The topological polar surface area (TPSA) is 3.24 Å². The summed E-state index contributed by atoms with van der Waals surface area (Å²) in [6, 6.07) is 0.718. The summed E-state index contributed by atoms with van der Waals surface area (Å²) in [4.78, 5) is 2.45. The van der Waals surface area contributed by atoms with E-state index >= 15 is 0 Å². The summed E-state index contributed by atoms with van der Waals surface area (Å²) in [5.74, 6) is 0.851. The lowest BCUT2D eigenvalue weighted by Crippen LogP contribution is -2.45. The van der Waals surface area contributed by atoms with Gasteiger partial charge < -0.3 is 4.81 Å². The van der Waals surface area contributed by atoms with Crippen LogP contribution >= 0.6 is 31.5 Å². The second-order valence-electron chi connectivity index (χ2n) is 3.51. The highest BCUT2D eigenvalue weighted by Gasteiger charge is 2.28. The minimum absolute atomic E-state index is 0.354. The highest BCUT2D eigenvalue weighted by atomic mass is 79.9. The van der Waals surface area contributed by atoms with Crippen LogP contribution in [0.1, 0.15) is 26.7 Å². The molecule has 0 saturated carbocycles. The number of rotatable bonds is 1. The number of piperidine rings is 1. The van der Waals surface area contributed by atoms with Crippen LogP contribution in [0.4, 0.5) is 0 Å². The van der Waals surface area contributed by atoms with Crippen molar-refractivity contribution in [3.63, 3.8) is 0 Å². The Balaban J connectivity index is 2.47. The Labute approximate surface area is 85.9 Å². The van der Waals surface area contributed by atoms with Crippen molar-refractivity contribution < 1.29 is 0 Å². The second kappa shape index (κ2) is 4.29. The molecule has 1 heterocycles. The Kier molecular flexibility index (Phi) is 3.92. The van der Waals surface area contributed by atoms with Gasteiger partial charge in [0.2, 0.25) is 0 Å². The molecule has 1 nitrogen and oxygen atoms in total. The molecule has 0 aromatic heterocycles. The number of halogens is 2. The third-order valence-electron chi connectivity index (χ3n) is 2.42. The Morgan fingerprint density at radius 3 is 2.36 bits per heavy atom. The fourth-order valence-electron chi connectivity index (χ4n) is 1.59. The van der Waals surface area contributed by atoms with Crippen molar-refractivity contribution >= 4 is 36.0 Å². The fourth-order valence-corrected chi connectivity index (χ4v) is 2.74. The van der Waals surface area contributed by atoms with Gasteiger partial charge in [-0.05, 0) is 31.3 Å². The SMILES string of the molecule is CC1CCC(C)N(B(Br)Br)C1. The Hall–Kier alpha value is 0.985. The quantitative estimate of drug-likeness (QED) is 0.669. The molecule has 0 N–H and O–H groups in total. The number of nitrogens with zero attached hydrogens (tertiary/aromatic N) is 1. The molecule has 1 aliphatic rings. The van der Waals surface area contributed by atoms with Gasteiger partial charge in [0.1, 0.15) is 0 Å². The van der Waals surface area contributed by atoms with Crippen molar-refractivity contribution in [2.45, 2.75) is 32.7 Å². The van der Waals surface area contributed by atoms with Gasteiger partial charge in [-0.3, -0.25) is 0 Å². The van der Waals surface area contributed by atoms with Crippen molar-refractivity contribution in [2.24, 2.45) is 5.92 Å². The Morgan fingerprint density at radius 2 is 1.91 bits per heavy atom. The lowest BCUT2D eigenvalue weighted by atomic mass is 9.92. The molecule has 1 aliphatic heterocycles. The van der Waals surface area contributed by atoms with E-state index in [1.807, 2.05) is 0 Å². The first-order chi connectivity index (χ1) is 5.11. The molecule has 2 unspecified atom stereocenters. The van der Waals surface area contributed by atoms with Gasteiger partial charge in [-0.15, -0.1) is 31.5 Å². The molecule has 0 amide bonds. The van der Waals surface area contributed by atoms with E-state index in [2.05, 4.69) is 50.2 Å². The average Bonchev–Trinajstić information content (AvgIpc) is 1.94. The Bertz CT molecular complexity index is 132. The van der Waals surface area contributed by atoms with Crippen molar-refractivity contribution in [2.75, 3.05) is 6.54 Å². The predicted molar refractivity (Wildman–Crippen MR) is 58.2 cm³/mol. The average molecular weight is 283 g/mol. The van der Waals surface area contributed by atoms with Crippen LogP contribution in [0.5, 0.6) is 0 Å². The highest BCUT2D eigenvalue weighted by molar-refractivity contribution is 9.48. The zero-order chi connectivity index (χ0) is 8.43. The van der Waals surface area contributed by atoms with Crippen LogP contribution in [0.25, 0.3) is 0 Å². The van der Waals surface area contributed by atoms with Crippen molar-refractivity contribution in [3.05, 3.63) is 0 Å². The van der Waals surface area contributed by atoms with E-state index in [9.17, 15) is 0 Å². The van der Waals surface area contributed by atoms with Crippen LogP contribution in [-0.4, -0.2) is 21.9 Å². The molecule has 0 aliphatic carbocycles. The van der Waals surface area contributed by atoms with Crippen molar-refractivity contribution in [1.82, 2.24) is 4.81 Å². The van der Waals surface area contributed by atoms with Crippen LogP contribution in [-0.2, 0) is 0 Å². The first-order valence-corrected chi connectivity index (χ1v) is 5.98. The van der Waals surface area contributed by atoms with E-state index in [1.165, 1.54) is 19.4 Å². The van der Waals surface area contributed by atoms with E-state index < -0.39 is 0 Å². The number of hydrogen-bond donors (Lipinski definition) is 0. The first-order valence-electron chi connectivity index (χ1n) is 4.15. The van der Waals surface area contributed by atoms with Gasteiger partial charge in [0.05, 0.1) is 0 Å². The zero-order valence-corrected chi connectivity index (χ0v) is 10.2. The minimum Gasteiger partial charge on any atom is -0.320 e. The maximum absolute atomic E-state index is 3.55. The molecule has 4 heteroatoms. The van der Waals surface area contributed by atoms with Crippen LogP contribution in [0.3, 0.4) is 0 Å². The van der Waals surface area contributed by atoms with Gasteiger partial charge in [0.15, 0.2) is 0 Å². The highest BCUT2D eigenvalue weighted by Crippen LogP contribution is 2.25. The lowest BCUT2D eigenvalue weighted by Gasteiger charge is -2.37. The molecule has 0 radical (unpaired) electrons. The Morgan fingerprint density at radius 1 is 1.27 bits per heavy atom. The van der Waals surface area contributed by atoms with Crippen molar-refractivity contribution in [1.29, 1.82) is 0 Å². The maximum atomic E-state index is 3.55. The molecule has 0 bridgehead atoms. The molecule has 0 aromatic rings. The number of hydrogen-bond acceptors (Lipinski definition) is 1. The van der Waals surface area contributed by atoms with Crippen molar-refractivity contribution in [3.8, 4) is 0 Å². The van der Waals surface area contributed by atoms with Crippen LogP contribution < -0.4 is 0 Å². The molecular weight excluding hydrogens is 269 g/mol. The normalized spacial score (nSPS) is 33.8. The monoisotopic (exact) mass is 281 g/mol. The van der Waals surface area contributed by atoms with Gasteiger partial charge in [-0.25, -0.2) is 0 Å². The molecule has 0 aromatic carbocycles. The van der Waals surface area contributed by atoms with Gasteiger partial charge >= 0.3 is 4.50 Å². The first kappa shape index (κ1) is 10.1. The lowest BCUT2D eigenvalue weighted by molar-refractivity contribution is 0.223. The van der Waals surface area contributed by atoms with Gasteiger partial charge in [-0.2, -0.15) is 0 Å². The summed E-state index contributed by atoms with van der Waals surface area (Å²) < 4.78 is 0.354. The predicted octanol–water partition coefficient (Wildman–Crippen LogP) is 2.88. The molecule has 64 valence electrons. The molecule has 0 spiro atoms. The summed E-state index contributed by atoms with van der Waals surface area (Å²) in [5.41, 5.74) is 0. The maximum Gasteiger partial charge on any atom is 0.379 e. The summed E-state index contributed by atoms with van der Waals surface area (Å²) in [6.07, 6.45) is 2.71. The molecule has 1 fully saturated rings. The molecule has 11 heavy (non-hydrogen) atoms. The van der Waals surface area contributed by atoms with Crippen LogP contribution in [0, 0.1) is 5.92 Å². The van der Waals surface area contributed by atoms with E-state index in [-0.39, 0.29) is 0 Å². The standard InChI is InChI=1S/C7H14BBr2N/c1-6-3-4-7(2)11(5-6)8(9)10/h6-7H,3-5H2,1-2H3. The smallest absolute Gasteiger partial charge is 0.320 e. The van der Waals surface area contributed by atoms with Gasteiger partial charge in [0, 0.05) is 0 Å². The van der Waals surface area contributed by atoms with E-state index in [0.29, 0.717) is 4.50 Å². The summed E-state index contributed by atoms with van der Waals surface area (Å²) >= 11 is 7.09. The molecule has 1 saturated heterocycles.